The zero-order chi connectivity index (χ0) is 24.4. The molecular weight excluding hydrogens is 639 g/mol. The quantitative estimate of drug-likeness (QED) is 0.139. The number of hydrogen-bond donors (Lipinski definition) is 0. The number of likely N-dealkylation sites (N-methyl/N-ethyl adjacent to an activating group) is 1. The molecule has 173 valence electrons. The maximum atomic E-state index is 3.76. The van der Waals surface area contributed by atoms with E-state index in [4.69, 9.17) is 0 Å². The topological polar surface area (TPSA) is 3.24 Å². The van der Waals surface area contributed by atoms with Crippen LogP contribution in [0.5, 0.6) is 0 Å². The Labute approximate surface area is 227 Å². The van der Waals surface area contributed by atoms with Gasteiger partial charge < -0.3 is 4.90 Å². The van der Waals surface area contributed by atoms with Crippen LogP contribution in [0.3, 0.4) is 0 Å². The third-order valence-electron chi connectivity index (χ3n) is 5.56. The van der Waals surface area contributed by atoms with E-state index in [0.717, 1.165) is 0 Å². The first-order valence-electron chi connectivity index (χ1n) is 10.8. The fourth-order valence-corrected chi connectivity index (χ4v) is 8.67. The van der Waals surface area contributed by atoms with Gasteiger partial charge in [0.15, 0.2) is 0 Å². The van der Waals surface area contributed by atoms with Gasteiger partial charge in [0.1, 0.15) is 6.54 Å². The van der Waals surface area contributed by atoms with Crippen LogP contribution in [0.15, 0.2) is 115 Å². The molecule has 5 radical (unpaired) electrons. The molecule has 0 unspecified atom stereocenters. The molecule has 34 heavy (non-hydrogen) atoms. The molecule has 0 amide bonds. The molecule has 4 aromatic carbocycles. The van der Waals surface area contributed by atoms with Crippen molar-refractivity contribution in [2.24, 2.45) is 0 Å². The second-order valence-electron chi connectivity index (χ2n) is 7.50. The van der Waals surface area contributed by atoms with E-state index in [1.807, 2.05) is 19.5 Å². The molecule has 4 aromatic rings. The van der Waals surface area contributed by atoms with Gasteiger partial charge in [-0.2, -0.15) is 0 Å². The normalized spacial score (nSPS) is 12.2. The number of fused-ring (bicyclic) bond motifs is 1. The molecule has 4 heteroatoms. The molecule has 1 heterocycles. The van der Waals surface area contributed by atoms with Crippen LogP contribution in [0.1, 0.15) is 5.56 Å². The van der Waals surface area contributed by atoms with Crippen LogP contribution in [-0.2, 0) is 15.6 Å². The second kappa shape index (κ2) is 13.5. The number of halogens is 1. The number of hydrogen-bond acceptors (Lipinski definition) is 1. The van der Waals surface area contributed by atoms with E-state index in [1.54, 1.807) is 0 Å². The monoisotopic (exact) mass is 665 g/mol. The van der Waals surface area contributed by atoms with Gasteiger partial charge in [-0.3, -0.25) is 0 Å². The molecular formula is C30H27INPPd+. The first-order valence-corrected chi connectivity index (χ1v) is 17.2. The van der Waals surface area contributed by atoms with Crippen LogP contribution in [0, 0.1) is 26.8 Å². The number of rotatable bonds is 3. The van der Waals surface area contributed by atoms with Crippen molar-refractivity contribution in [3.05, 3.63) is 148 Å². The summed E-state index contributed by atoms with van der Waals surface area (Å²) in [5, 5.41) is 5.35. The summed E-state index contributed by atoms with van der Waals surface area (Å²) in [6, 6.07) is 41.6. The summed E-state index contributed by atoms with van der Waals surface area (Å²) in [5.74, 6) is 0. The van der Waals surface area contributed by atoms with Crippen molar-refractivity contribution in [1.82, 2.24) is 0 Å². The van der Waals surface area contributed by atoms with Gasteiger partial charge in [0, 0.05) is 23.6 Å². The van der Waals surface area contributed by atoms with E-state index >= 15 is 0 Å². The molecule has 1 nitrogen and oxygen atoms in total. The number of nitrogens with zero attached hydrogens (tertiary/aromatic N) is 1. The van der Waals surface area contributed by atoms with Crippen LogP contribution >= 0.6 is 26.4 Å². The summed E-state index contributed by atoms with van der Waals surface area (Å²) in [4.78, 5) is 2.15. The van der Waals surface area contributed by atoms with Gasteiger partial charge in [-0.05, 0) is 49.1 Å². The van der Waals surface area contributed by atoms with Crippen molar-refractivity contribution in [3.8, 4) is 0 Å². The van der Waals surface area contributed by atoms with Gasteiger partial charge in [-0.25, -0.2) is 0 Å². The predicted octanol–water partition coefficient (Wildman–Crippen LogP) is 6.43. The summed E-state index contributed by atoms with van der Waals surface area (Å²) in [6.45, 7) is 8.15. The molecule has 0 aromatic heterocycles. The maximum absolute atomic E-state index is 3.76. The van der Waals surface area contributed by atoms with Crippen molar-refractivity contribution < 1.29 is 15.6 Å². The van der Waals surface area contributed by atoms with Crippen LogP contribution in [0.4, 0.5) is 5.69 Å². The van der Waals surface area contributed by atoms with Crippen molar-refractivity contribution in [1.29, 1.82) is 0 Å². The van der Waals surface area contributed by atoms with Crippen LogP contribution in [0.25, 0.3) is 0 Å². The fourth-order valence-electron chi connectivity index (χ4n) is 4.29. The molecule has 5 rings (SSSR count). The second-order valence-corrected chi connectivity index (χ2v) is 10.8. The predicted molar refractivity (Wildman–Crippen MR) is 156 cm³/mol. The first-order chi connectivity index (χ1) is 16.7. The van der Waals surface area contributed by atoms with Crippen LogP contribution < -0.4 is 20.8 Å². The molecule has 0 aliphatic carbocycles. The standard InChI is InChI=1S/C27H22NP.C3H5.HI.Pd/c1-28-21-27(25-19-11-12-20-26(25)28)29(22-13-5-2-6-14-22,23-15-7-3-8-16-23)24-17-9-4-10-18-24;1-3-2;;/h2-20H,1H3;3H,1-2H2;1H;/q;;;+2/p-1. The van der Waals surface area contributed by atoms with Crippen LogP contribution in [0.2, 0.25) is 0 Å². The molecule has 0 N–H and O–H groups in total. The van der Waals surface area contributed by atoms with E-state index in [2.05, 4.69) is 163 Å². The summed E-state index contributed by atoms with van der Waals surface area (Å²) in [5.41, 5.74) is 2.49. The van der Waals surface area contributed by atoms with Crippen molar-refractivity contribution in [2.45, 2.75) is 0 Å². The summed E-state index contributed by atoms with van der Waals surface area (Å²) in [6.07, 6.45) is 1.50. The van der Waals surface area contributed by atoms with Crippen LogP contribution in [-0.4, -0.2) is 12.3 Å². The Kier molecular flexibility index (Phi) is 10.7. The van der Waals surface area contributed by atoms with E-state index in [1.165, 1.54) is 38.9 Å². The zero-order valence-electron chi connectivity index (χ0n) is 19.0. The van der Waals surface area contributed by atoms with Gasteiger partial charge in [0.25, 0.3) is 0 Å². The van der Waals surface area contributed by atoms with E-state index in [-0.39, 0.29) is 0 Å². The van der Waals surface area contributed by atoms with Gasteiger partial charge in [0.2, 0.25) is 0 Å². The average molecular weight is 666 g/mol. The molecule has 1 aliphatic rings. The summed E-state index contributed by atoms with van der Waals surface area (Å²) in [7, 11) is 2.10. The minimum atomic E-state index is -2.11. The SMILES string of the molecule is CN1[C]C(=P(c2ccccc2)(c2ccccc2)c2ccccc2)c2ccccc21.[CH2][CH][CH2].[Pd+][I]. The van der Waals surface area contributed by atoms with E-state index in [9.17, 15) is 0 Å². The number of benzene rings is 4. The Hall–Kier alpha value is -1.63. The molecule has 0 atom stereocenters. The van der Waals surface area contributed by atoms with Crippen molar-refractivity contribution in [3.63, 3.8) is 0 Å². The third kappa shape index (κ3) is 5.44. The van der Waals surface area contributed by atoms with Crippen molar-refractivity contribution >= 4 is 53.3 Å². The number of anilines is 1. The number of para-hydroxylation sites is 1. The van der Waals surface area contributed by atoms with Gasteiger partial charge in [0.05, 0.1) is 0 Å². The van der Waals surface area contributed by atoms with Crippen molar-refractivity contribution in [2.75, 3.05) is 11.9 Å². The molecule has 0 saturated heterocycles. The van der Waals surface area contributed by atoms with E-state index in [0.29, 0.717) is 0 Å². The zero-order valence-corrected chi connectivity index (χ0v) is 23.7. The molecule has 0 fully saturated rings. The summed E-state index contributed by atoms with van der Waals surface area (Å²) >= 11 is 4.72. The van der Waals surface area contributed by atoms with Gasteiger partial charge in [-0.15, -0.1) is 0 Å². The minimum absolute atomic E-state index is 1.22. The van der Waals surface area contributed by atoms with Gasteiger partial charge in [-0.1, -0.05) is 109 Å². The Morgan fingerprint density at radius 2 is 1.03 bits per heavy atom. The summed E-state index contributed by atoms with van der Waals surface area (Å²) < 4.78 is 0. The average Bonchev–Trinajstić information content (AvgIpc) is 3.25. The Morgan fingerprint density at radius 3 is 1.44 bits per heavy atom. The molecule has 0 saturated carbocycles. The Bertz CT molecular complexity index is 1110. The fraction of sp³-hybridized carbons (Fsp3) is 0.0333. The molecule has 0 spiro atoms. The molecule has 0 bridgehead atoms. The van der Waals surface area contributed by atoms with E-state index < -0.39 is 6.89 Å². The Balaban J connectivity index is 0.000000603. The van der Waals surface area contributed by atoms with Gasteiger partial charge >= 0.3 is 35.1 Å². The third-order valence-corrected chi connectivity index (χ3v) is 9.79. The first kappa shape index (κ1) is 27.0. The molecule has 1 aliphatic heterocycles. The Morgan fingerprint density at radius 1 is 0.676 bits per heavy atom.